The monoisotopic (exact) mass is 284 g/mol. The van der Waals surface area contributed by atoms with Crippen LogP contribution in [0.25, 0.3) is 0 Å². The van der Waals surface area contributed by atoms with Crippen LogP contribution < -0.4 is 5.32 Å². The van der Waals surface area contributed by atoms with Gasteiger partial charge >= 0.3 is 11.7 Å². The Balaban J connectivity index is 2.83. The lowest BCUT2D eigenvalue weighted by Gasteiger charge is -2.14. The van der Waals surface area contributed by atoms with Gasteiger partial charge in [0.1, 0.15) is 12.7 Å². The summed E-state index contributed by atoms with van der Waals surface area (Å²) in [6.45, 7) is 3.59. The van der Waals surface area contributed by atoms with Crippen molar-refractivity contribution in [1.82, 2.24) is 15.1 Å². The fraction of sp³-hybridized carbons (Fsp3) is 0.545. The first-order valence-corrected chi connectivity index (χ1v) is 6.13. The van der Waals surface area contributed by atoms with Gasteiger partial charge in [-0.2, -0.15) is 5.10 Å². The van der Waals surface area contributed by atoms with Crippen LogP contribution in [0.4, 0.5) is 5.69 Å². The van der Waals surface area contributed by atoms with E-state index in [4.69, 9.17) is 5.11 Å². The van der Waals surface area contributed by atoms with E-state index in [-0.39, 0.29) is 18.5 Å². The van der Waals surface area contributed by atoms with E-state index in [1.807, 2.05) is 13.8 Å². The smallest absolute Gasteiger partial charge is 0.363 e. The molecule has 0 aromatic carbocycles. The molecule has 0 bridgehead atoms. The summed E-state index contributed by atoms with van der Waals surface area (Å²) in [6, 6.07) is 0.0204. The van der Waals surface area contributed by atoms with Gasteiger partial charge in [-0.3, -0.25) is 19.6 Å². The minimum Gasteiger partial charge on any atom is -0.476 e. The van der Waals surface area contributed by atoms with Gasteiger partial charge in [-0.05, 0) is 12.8 Å². The minimum absolute atomic E-state index is 0.0204. The second-order valence-corrected chi connectivity index (χ2v) is 4.20. The fourth-order valence-electron chi connectivity index (χ4n) is 1.69. The third-order valence-electron chi connectivity index (χ3n) is 2.80. The molecular weight excluding hydrogens is 268 g/mol. The third kappa shape index (κ3) is 3.77. The van der Waals surface area contributed by atoms with E-state index in [2.05, 4.69) is 10.4 Å². The zero-order chi connectivity index (χ0) is 15.3. The number of nitrogens with one attached hydrogen (secondary N) is 1. The van der Waals surface area contributed by atoms with Crippen molar-refractivity contribution in [2.45, 2.75) is 39.3 Å². The van der Waals surface area contributed by atoms with Crippen LogP contribution in [0.1, 0.15) is 37.2 Å². The molecule has 0 aliphatic rings. The number of hydrogen-bond donors (Lipinski definition) is 2. The highest BCUT2D eigenvalue weighted by Gasteiger charge is 2.25. The van der Waals surface area contributed by atoms with Crippen molar-refractivity contribution in [3.05, 3.63) is 22.0 Å². The molecule has 110 valence electrons. The van der Waals surface area contributed by atoms with E-state index in [0.29, 0.717) is 0 Å². The van der Waals surface area contributed by atoms with Gasteiger partial charge in [0.25, 0.3) is 0 Å². The van der Waals surface area contributed by atoms with Crippen molar-refractivity contribution in [1.29, 1.82) is 0 Å². The lowest BCUT2D eigenvalue weighted by atomic mass is 10.2. The number of carboxylic acid groups (broad SMARTS) is 1. The summed E-state index contributed by atoms with van der Waals surface area (Å²) in [6.07, 6.45) is 2.47. The first-order chi connectivity index (χ1) is 9.38. The summed E-state index contributed by atoms with van der Waals surface area (Å²) >= 11 is 0. The highest BCUT2D eigenvalue weighted by molar-refractivity contribution is 5.90. The van der Waals surface area contributed by atoms with Gasteiger partial charge in [0, 0.05) is 6.04 Å². The molecule has 1 amide bonds. The molecule has 0 fully saturated rings. The lowest BCUT2D eigenvalue weighted by Crippen LogP contribution is -2.36. The molecule has 0 spiro atoms. The standard InChI is InChI=1S/C11H16N4O5/c1-3-7(4-2)12-9(16)6-14-5-8(15(19)20)10(13-14)11(17)18/h5,7H,3-4,6H2,1-2H3,(H,12,16)(H,17,18). The van der Waals surface area contributed by atoms with E-state index in [9.17, 15) is 19.7 Å². The normalized spacial score (nSPS) is 10.6. The van der Waals surface area contributed by atoms with Crippen LogP contribution in [0.5, 0.6) is 0 Å². The van der Waals surface area contributed by atoms with Crippen LogP contribution in [-0.4, -0.2) is 37.7 Å². The second-order valence-electron chi connectivity index (χ2n) is 4.20. The topological polar surface area (TPSA) is 127 Å². The average Bonchev–Trinajstić information content (AvgIpc) is 2.80. The molecule has 0 atom stereocenters. The van der Waals surface area contributed by atoms with Crippen LogP contribution in [0.2, 0.25) is 0 Å². The fourth-order valence-corrected chi connectivity index (χ4v) is 1.69. The number of carbonyl (C=O) groups is 2. The molecule has 0 radical (unpaired) electrons. The largest absolute Gasteiger partial charge is 0.476 e. The maximum atomic E-state index is 11.7. The van der Waals surface area contributed by atoms with Gasteiger partial charge in [-0.1, -0.05) is 13.8 Å². The Morgan fingerprint density at radius 3 is 2.50 bits per heavy atom. The van der Waals surface area contributed by atoms with Crippen LogP contribution in [-0.2, 0) is 11.3 Å². The lowest BCUT2D eigenvalue weighted by molar-refractivity contribution is -0.385. The molecule has 0 aliphatic carbocycles. The SMILES string of the molecule is CCC(CC)NC(=O)Cn1cc([N+](=O)[O-])c(C(=O)O)n1. The number of nitrogens with zero attached hydrogens (tertiary/aromatic N) is 3. The minimum atomic E-state index is -1.50. The van der Waals surface area contributed by atoms with Gasteiger partial charge < -0.3 is 10.4 Å². The second kappa shape index (κ2) is 6.64. The van der Waals surface area contributed by atoms with Gasteiger partial charge in [-0.15, -0.1) is 0 Å². The molecule has 0 aliphatic heterocycles. The van der Waals surface area contributed by atoms with Gasteiger partial charge in [0.2, 0.25) is 11.6 Å². The summed E-state index contributed by atoms with van der Waals surface area (Å²) in [5.41, 5.74) is -1.31. The number of aromatic nitrogens is 2. The first kappa shape index (κ1) is 15.6. The molecule has 9 heteroatoms. The summed E-state index contributed by atoms with van der Waals surface area (Å²) in [7, 11) is 0. The predicted octanol–water partition coefficient (Wildman–Crippen LogP) is 0.794. The number of rotatable bonds is 7. The molecule has 20 heavy (non-hydrogen) atoms. The molecule has 1 rings (SSSR count). The Kier molecular flexibility index (Phi) is 5.18. The van der Waals surface area contributed by atoms with Crippen molar-refractivity contribution in [3.63, 3.8) is 0 Å². The van der Waals surface area contributed by atoms with Crippen LogP contribution >= 0.6 is 0 Å². The maximum absolute atomic E-state index is 11.7. The van der Waals surface area contributed by atoms with E-state index >= 15 is 0 Å². The van der Waals surface area contributed by atoms with Crippen LogP contribution in [0.15, 0.2) is 6.20 Å². The van der Waals surface area contributed by atoms with Crippen LogP contribution in [0, 0.1) is 10.1 Å². The number of amides is 1. The highest BCUT2D eigenvalue weighted by atomic mass is 16.6. The van der Waals surface area contributed by atoms with Crippen molar-refractivity contribution in [3.8, 4) is 0 Å². The van der Waals surface area contributed by atoms with Crippen molar-refractivity contribution in [2.75, 3.05) is 0 Å². The van der Waals surface area contributed by atoms with E-state index < -0.39 is 22.3 Å². The molecule has 1 heterocycles. The average molecular weight is 284 g/mol. The van der Waals surface area contributed by atoms with Gasteiger partial charge in [0.15, 0.2) is 0 Å². The Morgan fingerprint density at radius 1 is 1.50 bits per heavy atom. The molecule has 1 aromatic rings. The summed E-state index contributed by atoms with van der Waals surface area (Å²) < 4.78 is 0.958. The van der Waals surface area contributed by atoms with Crippen molar-refractivity contribution >= 4 is 17.6 Å². The summed E-state index contributed by atoms with van der Waals surface area (Å²) in [4.78, 5) is 32.4. The number of carbonyl (C=O) groups excluding carboxylic acids is 1. The molecule has 0 saturated heterocycles. The van der Waals surface area contributed by atoms with Gasteiger partial charge in [-0.25, -0.2) is 4.79 Å². The summed E-state index contributed by atoms with van der Waals surface area (Å²) in [5, 5.41) is 25.8. The Morgan fingerprint density at radius 2 is 2.10 bits per heavy atom. The number of hydrogen-bond acceptors (Lipinski definition) is 5. The van der Waals surface area contributed by atoms with Crippen molar-refractivity contribution in [2.24, 2.45) is 0 Å². The quantitative estimate of drug-likeness (QED) is 0.563. The maximum Gasteiger partial charge on any atom is 0.363 e. The zero-order valence-corrected chi connectivity index (χ0v) is 11.2. The van der Waals surface area contributed by atoms with Crippen molar-refractivity contribution < 1.29 is 19.6 Å². The van der Waals surface area contributed by atoms with Gasteiger partial charge in [0.05, 0.1) is 4.92 Å². The summed E-state index contributed by atoms with van der Waals surface area (Å²) in [5.74, 6) is -1.87. The molecule has 2 N–H and O–H groups in total. The number of aromatic carboxylic acids is 1. The highest BCUT2D eigenvalue weighted by Crippen LogP contribution is 2.16. The molecule has 0 unspecified atom stereocenters. The number of carboxylic acids is 1. The third-order valence-corrected chi connectivity index (χ3v) is 2.80. The Bertz CT molecular complexity index is 489. The van der Waals surface area contributed by atoms with E-state index in [0.717, 1.165) is 23.7 Å². The molecule has 9 nitrogen and oxygen atoms in total. The first-order valence-electron chi connectivity index (χ1n) is 6.13. The van der Waals surface area contributed by atoms with E-state index in [1.54, 1.807) is 0 Å². The molecule has 0 saturated carbocycles. The van der Waals surface area contributed by atoms with Crippen LogP contribution in [0.3, 0.4) is 0 Å². The zero-order valence-electron chi connectivity index (χ0n) is 11.2. The Hall–Kier alpha value is -2.45. The van der Waals surface area contributed by atoms with E-state index in [1.165, 1.54) is 0 Å². The predicted molar refractivity (Wildman–Crippen MR) is 68.4 cm³/mol. The number of nitro groups is 1. The Labute approximate surface area is 114 Å². The molecule has 1 aromatic heterocycles. The molecular formula is C11H16N4O5.